The van der Waals surface area contributed by atoms with E-state index in [0.29, 0.717) is 36.3 Å². The van der Waals surface area contributed by atoms with Crippen molar-refractivity contribution in [3.8, 4) is 11.5 Å². The highest BCUT2D eigenvalue weighted by atomic mass is 35.5. The summed E-state index contributed by atoms with van der Waals surface area (Å²) in [6.07, 6.45) is 0.881. The summed E-state index contributed by atoms with van der Waals surface area (Å²) in [6.45, 7) is 10.7. The Labute approximate surface area is 177 Å². The lowest BCUT2D eigenvalue weighted by Gasteiger charge is -2.20. The molecule has 1 aromatic heterocycles. The molecular weight excluding hydrogens is 390 g/mol. The molecule has 2 aromatic rings. The number of hydrogen-bond donors (Lipinski definition) is 2. The highest BCUT2D eigenvalue weighted by Crippen LogP contribution is 2.38. The Balaban J connectivity index is 1.69. The van der Waals surface area contributed by atoms with Crippen LogP contribution in [0.1, 0.15) is 36.4 Å². The topological polar surface area (TPSA) is 72.7 Å². The van der Waals surface area contributed by atoms with Crippen LogP contribution in [0.15, 0.2) is 17.1 Å². The summed E-state index contributed by atoms with van der Waals surface area (Å²) in [7, 11) is 1.98. The minimum absolute atomic E-state index is 0.207. The molecule has 2 heterocycles. The van der Waals surface area contributed by atoms with Gasteiger partial charge < -0.3 is 20.1 Å². The second-order valence-corrected chi connectivity index (χ2v) is 7.73. The number of rotatable bonds is 6. The van der Waals surface area contributed by atoms with Gasteiger partial charge in [0.1, 0.15) is 13.2 Å². The number of aliphatic imine (C=N–C) groups is 1. The zero-order valence-corrected chi connectivity index (χ0v) is 18.6. The third kappa shape index (κ3) is 5.15. The Hall–Kier alpha value is -2.41. The van der Waals surface area contributed by atoms with Crippen LogP contribution in [0.4, 0.5) is 0 Å². The van der Waals surface area contributed by atoms with Gasteiger partial charge >= 0.3 is 0 Å². The van der Waals surface area contributed by atoms with E-state index in [-0.39, 0.29) is 6.04 Å². The number of ether oxygens (including phenoxy) is 2. The van der Waals surface area contributed by atoms with Gasteiger partial charge in [0.25, 0.3) is 0 Å². The first-order valence-corrected chi connectivity index (χ1v) is 10.4. The molecule has 8 heteroatoms. The van der Waals surface area contributed by atoms with Crippen molar-refractivity contribution < 1.29 is 9.47 Å². The molecule has 0 bridgehead atoms. The van der Waals surface area contributed by atoms with Crippen LogP contribution in [0.3, 0.4) is 0 Å². The van der Waals surface area contributed by atoms with Crippen LogP contribution in [0.2, 0.25) is 5.02 Å². The lowest BCUT2D eigenvalue weighted by molar-refractivity contribution is 0.171. The van der Waals surface area contributed by atoms with Gasteiger partial charge in [-0.25, -0.2) is 4.99 Å². The van der Waals surface area contributed by atoms with Crippen molar-refractivity contribution in [1.82, 2.24) is 20.4 Å². The Morgan fingerprint density at radius 2 is 2.07 bits per heavy atom. The van der Waals surface area contributed by atoms with Gasteiger partial charge in [-0.1, -0.05) is 11.6 Å². The second kappa shape index (κ2) is 9.39. The maximum atomic E-state index is 6.34. The maximum Gasteiger partial charge on any atom is 0.191 e. The van der Waals surface area contributed by atoms with Crippen molar-refractivity contribution in [2.75, 3.05) is 19.8 Å². The summed E-state index contributed by atoms with van der Waals surface area (Å²) in [5.41, 5.74) is 4.53. The van der Waals surface area contributed by atoms with Crippen LogP contribution in [0, 0.1) is 13.8 Å². The van der Waals surface area contributed by atoms with E-state index in [1.807, 2.05) is 23.9 Å². The molecule has 1 atom stereocenters. The number of fused-ring (bicyclic) bond motifs is 1. The quantitative estimate of drug-likeness (QED) is 0.556. The van der Waals surface area contributed by atoms with Gasteiger partial charge in [0.05, 0.1) is 17.3 Å². The van der Waals surface area contributed by atoms with Crippen LogP contribution in [-0.2, 0) is 20.0 Å². The molecule has 158 valence electrons. The molecule has 1 aliphatic heterocycles. The fraction of sp³-hybridized carbons (Fsp3) is 0.524. The molecule has 0 saturated heterocycles. The van der Waals surface area contributed by atoms with Crippen LogP contribution in [0.25, 0.3) is 0 Å². The Morgan fingerprint density at radius 1 is 1.31 bits per heavy atom. The van der Waals surface area contributed by atoms with Gasteiger partial charge in [-0.3, -0.25) is 4.68 Å². The smallest absolute Gasteiger partial charge is 0.191 e. The van der Waals surface area contributed by atoms with Crippen LogP contribution in [0.5, 0.6) is 11.5 Å². The van der Waals surface area contributed by atoms with E-state index in [1.165, 1.54) is 11.3 Å². The van der Waals surface area contributed by atoms with Gasteiger partial charge in [-0.15, -0.1) is 0 Å². The molecule has 0 fully saturated rings. The SMILES string of the molecule is CCNC(=NCc1cc(Cl)c2c(c1)OCCO2)NC(C)Cc1c(C)nn(C)c1C. The van der Waals surface area contributed by atoms with Crippen molar-refractivity contribution in [1.29, 1.82) is 0 Å². The van der Waals surface area contributed by atoms with Crippen LogP contribution >= 0.6 is 11.6 Å². The summed E-state index contributed by atoms with van der Waals surface area (Å²) in [4.78, 5) is 4.72. The molecule has 0 radical (unpaired) electrons. The molecule has 0 aliphatic carbocycles. The fourth-order valence-corrected chi connectivity index (χ4v) is 3.74. The van der Waals surface area contributed by atoms with Crippen LogP contribution < -0.4 is 20.1 Å². The van der Waals surface area contributed by atoms with E-state index in [2.05, 4.69) is 43.4 Å². The number of nitrogens with zero attached hydrogens (tertiary/aromatic N) is 3. The molecule has 0 saturated carbocycles. The number of halogens is 1. The largest absolute Gasteiger partial charge is 0.486 e. The highest BCUT2D eigenvalue weighted by molar-refractivity contribution is 6.32. The first-order chi connectivity index (χ1) is 13.9. The standard InChI is InChI=1S/C21H30ClN5O2/c1-6-23-21(25-13(2)9-17-14(3)26-27(5)15(17)4)24-12-16-10-18(22)20-19(11-16)28-7-8-29-20/h10-11,13H,6-9,12H2,1-5H3,(H2,23,24,25). The predicted octanol–water partition coefficient (Wildman–Crippen LogP) is 3.15. The van der Waals surface area contributed by atoms with E-state index in [9.17, 15) is 0 Å². The summed E-state index contributed by atoms with van der Waals surface area (Å²) in [5, 5.41) is 11.9. The van der Waals surface area contributed by atoms with E-state index < -0.39 is 0 Å². The van der Waals surface area contributed by atoms with Crippen molar-refractivity contribution in [3.05, 3.63) is 39.7 Å². The lowest BCUT2D eigenvalue weighted by Crippen LogP contribution is -2.43. The molecule has 3 rings (SSSR count). The molecule has 0 spiro atoms. The lowest BCUT2D eigenvalue weighted by atomic mass is 10.1. The zero-order valence-electron chi connectivity index (χ0n) is 17.8. The number of aryl methyl sites for hydroxylation is 2. The molecule has 1 aromatic carbocycles. The molecule has 1 unspecified atom stereocenters. The van der Waals surface area contributed by atoms with Gasteiger partial charge in [-0.2, -0.15) is 5.10 Å². The van der Waals surface area contributed by atoms with E-state index in [0.717, 1.165) is 30.2 Å². The first-order valence-electron chi connectivity index (χ1n) is 10.0. The molecule has 7 nitrogen and oxygen atoms in total. The summed E-state index contributed by atoms with van der Waals surface area (Å²) in [6, 6.07) is 4.03. The molecule has 1 aliphatic rings. The minimum atomic E-state index is 0.207. The van der Waals surface area contributed by atoms with E-state index >= 15 is 0 Å². The molecule has 29 heavy (non-hydrogen) atoms. The van der Waals surface area contributed by atoms with Crippen molar-refractivity contribution in [2.45, 2.75) is 46.7 Å². The van der Waals surface area contributed by atoms with E-state index in [1.54, 1.807) is 0 Å². The average molecular weight is 420 g/mol. The zero-order chi connectivity index (χ0) is 21.0. The number of hydrogen-bond acceptors (Lipinski definition) is 4. The molecule has 2 N–H and O–H groups in total. The second-order valence-electron chi connectivity index (χ2n) is 7.32. The Kier molecular flexibility index (Phi) is 6.90. The average Bonchev–Trinajstić information content (AvgIpc) is 2.92. The van der Waals surface area contributed by atoms with Crippen molar-refractivity contribution >= 4 is 17.6 Å². The Bertz CT molecular complexity index is 894. The summed E-state index contributed by atoms with van der Waals surface area (Å²) >= 11 is 6.34. The molecule has 0 amide bonds. The third-order valence-corrected chi connectivity index (χ3v) is 5.25. The van der Waals surface area contributed by atoms with Crippen LogP contribution in [-0.4, -0.2) is 41.5 Å². The summed E-state index contributed by atoms with van der Waals surface area (Å²) < 4.78 is 13.2. The number of guanidine groups is 1. The van der Waals surface area contributed by atoms with Gasteiger partial charge in [0, 0.05) is 25.3 Å². The summed E-state index contributed by atoms with van der Waals surface area (Å²) in [5.74, 6) is 2.07. The maximum absolute atomic E-state index is 6.34. The van der Waals surface area contributed by atoms with E-state index in [4.69, 9.17) is 26.1 Å². The van der Waals surface area contributed by atoms with Crippen molar-refractivity contribution in [2.24, 2.45) is 12.0 Å². The number of benzene rings is 1. The Morgan fingerprint density at radius 3 is 2.76 bits per heavy atom. The van der Waals surface area contributed by atoms with Crippen molar-refractivity contribution in [3.63, 3.8) is 0 Å². The highest BCUT2D eigenvalue weighted by Gasteiger charge is 2.17. The minimum Gasteiger partial charge on any atom is -0.486 e. The number of nitrogens with one attached hydrogen (secondary N) is 2. The van der Waals surface area contributed by atoms with Gasteiger partial charge in [-0.05, 0) is 57.4 Å². The fourth-order valence-electron chi connectivity index (χ4n) is 3.45. The third-order valence-electron chi connectivity index (χ3n) is 4.97. The normalized spacial score (nSPS) is 14.6. The van der Waals surface area contributed by atoms with Gasteiger partial charge in [0.2, 0.25) is 0 Å². The number of aromatic nitrogens is 2. The first kappa shape index (κ1) is 21.3. The molecular formula is C21H30ClN5O2. The monoisotopic (exact) mass is 419 g/mol. The van der Waals surface area contributed by atoms with Gasteiger partial charge in [0.15, 0.2) is 17.5 Å². The predicted molar refractivity (Wildman–Crippen MR) is 116 cm³/mol.